The van der Waals surface area contributed by atoms with Crippen molar-refractivity contribution in [2.75, 3.05) is 18.6 Å². The van der Waals surface area contributed by atoms with Crippen LogP contribution in [0.3, 0.4) is 0 Å². The lowest BCUT2D eigenvalue weighted by atomic mass is 10.2. The van der Waals surface area contributed by atoms with Gasteiger partial charge in [-0.25, -0.2) is 4.79 Å². The third-order valence-corrected chi connectivity index (χ3v) is 2.81. The summed E-state index contributed by atoms with van der Waals surface area (Å²) in [6, 6.07) is 0. The van der Waals surface area contributed by atoms with Crippen molar-refractivity contribution in [2.24, 2.45) is 5.41 Å². The minimum absolute atomic E-state index is 0.192. The van der Waals surface area contributed by atoms with Gasteiger partial charge in [-0.3, -0.25) is 0 Å². The van der Waals surface area contributed by atoms with E-state index in [4.69, 9.17) is 5.11 Å². The number of hydrogen-bond donors (Lipinski definition) is 1. The van der Waals surface area contributed by atoms with Crippen LogP contribution in [0.2, 0.25) is 0 Å². The summed E-state index contributed by atoms with van der Waals surface area (Å²) in [5.74, 6) is 1.01. The Kier molecular flexibility index (Phi) is 2.65. The molecule has 4 heteroatoms. The number of hydrogen-bond acceptors (Lipinski definition) is 3. The number of ether oxygens (including phenoxy) is 1. The van der Waals surface area contributed by atoms with E-state index in [1.807, 2.05) is 6.26 Å². The lowest BCUT2D eigenvalue weighted by Gasteiger charge is -2.11. The number of thioether (sulfide) groups is 1. The van der Waals surface area contributed by atoms with E-state index in [2.05, 4.69) is 4.74 Å². The SMILES string of the molecule is CSCC1(COC(=O)O)CC1. The van der Waals surface area contributed by atoms with E-state index in [9.17, 15) is 4.79 Å². The van der Waals surface area contributed by atoms with Crippen molar-refractivity contribution in [1.82, 2.24) is 0 Å². The summed E-state index contributed by atoms with van der Waals surface area (Å²) in [5, 5.41) is 8.24. The van der Waals surface area contributed by atoms with E-state index in [1.54, 1.807) is 11.8 Å². The monoisotopic (exact) mass is 176 g/mol. The summed E-state index contributed by atoms with van der Waals surface area (Å²) in [5.41, 5.74) is 0.192. The molecule has 1 fully saturated rings. The van der Waals surface area contributed by atoms with Crippen LogP contribution in [0.1, 0.15) is 12.8 Å². The second kappa shape index (κ2) is 3.34. The van der Waals surface area contributed by atoms with Crippen LogP contribution < -0.4 is 0 Å². The molecule has 0 atom stereocenters. The molecule has 0 aromatic heterocycles. The zero-order chi connectivity index (χ0) is 8.32. The maximum absolute atomic E-state index is 10.0. The van der Waals surface area contributed by atoms with Gasteiger partial charge in [0.1, 0.15) is 6.61 Å². The van der Waals surface area contributed by atoms with Crippen molar-refractivity contribution >= 4 is 17.9 Å². The first-order valence-electron chi connectivity index (χ1n) is 3.53. The molecule has 0 bridgehead atoms. The lowest BCUT2D eigenvalue weighted by Crippen LogP contribution is -2.15. The Hall–Kier alpha value is -0.380. The smallest absolute Gasteiger partial charge is 0.450 e. The highest BCUT2D eigenvalue weighted by molar-refractivity contribution is 7.98. The van der Waals surface area contributed by atoms with Crippen LogP contribution in [0, 0.1) is 5.41 Å². The average Bonchev–Trinajstić information content (AvgIpc) is 2.67. The van der Waals surface area contributed by atoms with Crippen molar-refractivity contribution in [3.8, 4) is 0 Å². The Morgan fingerprint density at radius 2 is 2.36 bits per heavy atom. The summed E-state index contributed by atoms with van der Waals surface area (Å²) in [4.78, 5) is 10.0. The molecule has 0 aliphatic heterocycles. The van der Waals surface area contributed by atoms with Crippen LogP contribution in [0.4, 0.5) is 4.79 Å². The van der Waals surface area contributed by atoms with Gasteiger partial charge in [0, 0.05) is 11.2 Å². The van der Waals surface area contributed by atoms with E-state index in [0.29, 0.717) is 6.61 Å². The van der Waals surface area contributed by atoms with Crippen molar-refractivity contribution in [3.05, 3.63) is 0 Å². The van der Waals surface area contributed by atoms with E-state index >= 15 is 0 Å². The van der Waals surface area contributed by atoms with Gasteiger partial charge in [-0.15, -0.1) is 0 Å². The Morgan fingerprint density at radius 3 is 2.73 bits per heavy atom. The first-order chi connectivity index (χ1) is 5.18. The van der Waals surface area contributed by atoms with Gasteiger partial charge in [-0.2, -0.15) is 11.8 Å². The molecule has 0 radical (unpaired) electrons. The van der Waals surface area contributed by atoms with Crippen molar-refractivity contribution in [1.29, 1.82) is 0 Å². The molecule has 1 aliphatic carbocycles. The molecule has 11 heavy (non-hydrogen) atoms. The maximum atomic E-state index is 10.0. The second-order valence-corrected chi connectivity index (χ2v) is 3.85. The van der Waals surface area contributed by atoms with Crippen molar-refractivity contribution in [3.63, 3.8) is 0 Å². The first kappa shape index (κ1) is 8.71. The highest BCUT2D eigenvalue weighted by atomic mass is 32.2. The van der Waals surface area contributed by atoms with Gasteiger partial charge in [-0.05, 0) is 19.1 Å². The molecule has 1 N–H and O–H groups in total. The molecule has 3 nitrogen and oxygen atoms in total. The fourth-order valence-corrected chi connectivity index (χ4v) is 2.01. The number of carbonyl (C=O) groups is 1. The fourth-order valence-electron chi connectivity index (χ4n) is 1.03. The van der Waals surface area contributed by atoms with Crippen LogP contribution in [0.15, 0.2) is 0 Å². The van der Waals surface area contributed by atoms with Crippen LogP contribution in [-0.2, 0) is 4.74 Å². The summed E-state index contributed by atoms with van der Waals surface area (Å²) in [6.45, 7) is 0.378. The van der Waals surface area contributed by atoms with Crippen molar-refractivity contribution in [2.45, 2.75) is 12.8 Å². The third kappa shape index (κ3) is 2.61. The van der Waals surface area contributed by atoms with E-state index < -0.39 is 6.16 Å². The molecule has 1 saturated carbocycles. The van der Waals surface area contributed by atoms with Crippen molar-refractivity contribution < 1.29 is 14.6 Å². The van der Waals surface area contributed by atoms with Crippen LogP contribution in [0.25, 0.3) is 0 Å². The molecule has 0 saturated heterocycles. The van der Waals surface area contributed by atoms with Gasteiger partial charge in [0.25, 0.3) is 0 Å². The van der Waals surface area contributed by atoms with Crippen LogP contribution >= 0.6 is 11.8 Å². The molecule has 0 unspecified atom stereocenters. The predicted molar refractivity (Wildman–Crippen MR) is 44.0 cm³/mol. The minimum atomic E-state index is -1.16. The highest BCUT2D eigenvalue weighted by Crippen LogP contribution is 2.47. The zero-order valence-electron chi connectivity index (χ0n) is 6.50. The first-order valence-corrected chi connectivity index (χ1v) is 4.93. The van der Waals surface area contributed by atoms with E-state index in [-0.39, 0.29) is 5.41 Å². The van der Waals surface area contributed by atoms with Gasteiger partial charge in [-0.1, -0.05) is 0 Å². The topological polar surface area (TPSA) is 46.5 Å². The summed E-state index contributed by atoms with van der Waals surface area (Å²) in [6.07, 6.45) is 3.10. The van der Waals surface area contributed by atoms with Gasteiger partial charge < -0.3 is 9.84 Å². The molecular weight excluding hydrogens is 164 g/mol. The third-order valence-electron chi connectivity index (χ3n) is 1.91. The molecule has 1 aliphatic rings. The van der Waals surface area contributed by atoms with Gasteiger partial charge in [0.15, 0.2) is 0 Å². The molecule has 64 valence electrons. The largest absolute Gasteiger partial charge is 0.505 e. The van der Waals surface area contributed by atoms with Crippen LogP contribution in [0.5, 0.6) is 0 Å². The molecule has 0 heterocycles. The Balaban J connectivity index is 2.19. The molecule has 0 aromatic rings. The Bertz CT molecular complexity index is 154. The normalized spacial score (nSPS) is 19.4. The molecule has 1 rings (SSSR count). The lowest BCUT2D eigenvalue weighted by molar-refractivity contribution is 0.0760. The van der Waals surface area contributed by atoms with Gasteiger partial charge in [0.2, 0.25) is 0 Å². The zero-order valence-corrected chi connectivity index (χ0v) is 7.32. The van der Waals surface area contributed by atoms with Gasteiger partial charge >= 0.3 is 6.16 Å². The predicted octanol–water partition coefficient (Wildman–Crippen LogP) is 1.82. The quantitative estimate of drug-likeness (QED) is 0.664. The molecule has 0 aromatic carbocycles. The Labute approximate surface area is 70.1 Å². The average molecular weight is 176 g/mol. The summed E-state index contributed by atoms with van der Waals surface area (Å²) in [7, 11) is 0. The fraction of sp³-hybridized carbons (Fsp3) is 0.857. The van der Waals surface area contributed by atoms with E-state index in [1.165, 1.54) is 0 Å². The van der Waals surface area contributed by atoms with E-state index in [0.717, 1.165) is 18.6 Å². The van der Waals surface area contributed by atoms with Crippen LogP contribution in [-0.4, -0.2) is 29.9 Å². The number of carboxylic acid groups (broad SMARTS) is 1. The maximum Gasteiger partial charge on any atom is 0.505 e. The second-order valence-electron chi connectivity index (χ2n) is 2.99. The molecular formula is C7H12O3S. The minimum Gasteiger partial charge on any atom is -0.450 e. The molecule has 0 amide bonds. The van der Waals surface area contributed by atoms with Gasteiger partial charge in [0.05, 0.1) is 0 Å². The standard InChI is InChI=1S/C7H12O3S/c1-11-5-7(2-3-7)4-10-6(8)9/h2-5H2,1H3,(H,8,9). The molecule has 0 spiro atoms. The highest BCUT2D eigenvalue weighted by Gasteiger charge is 2.43. The summed E-state index contributed by atoms with van der Waals surface area (Å²) >= 11 is 1.75. The number of rotatable bonds is 4. The summed E-state index contributed by atoms with van der Waals surface area (Å²) < 4.78 is 4.53. The Morgan fingerprint density at radius 1 is 1.73 bits per heavy atom.